The van der Waals surface area contributed by atoms with E-state index in [1.54, 1.807) is 0 Å². The summed E-state index contributed by atoms with van der Waals surface area (Å²) in [7, 11) is 0. The van der Waals surface area contributed by atoms with E-state index >= 15 is 0 Å². The zero-order valence-electron chi connectivity index (χ0n) is 35.5. The van der Waals surface area contributed by atoms with Crippen molar-refractivity contribution in [1.82, 2.24) is 0 Å². The highest BCUT2D eigenvalue weighted by atomic mass is 16.5. The quantitative estimate of drug-likeness (QED) is 0.109. The van der Waals surface area contributed by atoms with Gasteiger partial charge in [0.1, 0.15) is 0 Å². The van der Waals surface area contributed by atoms with Crippen LogP contribution in [0, 0.1) is 45.8 Å². The fraction of sp³-hybridized carbons (Fsp3) is 0.955. The second-order valence-corrected chi connectivity index (χ2v) is 21.3. The Labute approximate surface area is 301 Å². The Bertz CT molecular complexity index is 927. The highest BCUT2D eigenvalue weighted by molar-refractivity contribution is 5.05. The Morgan fingerprint density at radius 2 is 1.23 bits per heavy atom. The van der Waals surface area contributed by atoms with E-state index in [-0.39, 0.29) is 33.0 Å². The van der Waals surface area contributed by atoms with Gasteiger partial charge in [0.25, 0.3) is 0 Å². The molecule has 4 atom stereocenters. The van der Waals surface area contributed by atoms with Crippen molar-refractivity contribution >= 4 is 0 Å². The van der Waals surface area contributed by atoms with Gasteiger partial charge < -0.3 is 19.3 Å². The molecule has 0 spiro atoms. The van der Waals surface area contributed by atoms with Crippen LogP contribution in [-0.2, 0) is 14.2 Å². The molecule has 1 saturated carbocycles. The topological polar surface area (TPSA) is 47.9 Å². The minimum absolute atomic E-state index is 0.162. The van der Waals surface area contributed by atoms with Crippen molar-refractivity contribution in [1.29, 1.82) is 0 Å². The second kappa shape index (κ2) is 17.9. The first-order chi connectivity index (χ1) is 21.5. The average Bonchev–Trinajstić information content (AvgIpc) is 3.32. The third-order valence-electron chi connectivity index (χ3n) is 11.7. The van der Waals surface area contributed by atoms with E-state index in [1.165, 1.54) is 19.3 Å². The Morgan fingerprint density at radius 3 is 1.75 bits per heavy atom. The van der Waals surface area contributed by atoms with Crippen LogP contribution in [0.5, 0.6) is 0 Å². The Hall–Kier alpha value is -0.420. The van der Waals surface area contributed by atoms with Gasteiger partial charge in [-0.2, -0.15) is 0 Å². The first kappa shape index (κ1) is 45.6. The fourth-order valence-electron chi connectivity index (χ4n) is 8.46. The van der Waals surface area contributed by atoms with Gasteiger partial charge in [-0.25, -0.2) is 0 Å². The number of ether oxygens (including phenoxy) is 3. The second-order valence-electron chi connectivity index (χ2n) is 21.3. The van der Waals surface area contributed by atoms with Crippen LogP contribution in [0.2, 0.25) is 0 Å². The molecule has 286 valence electrons. The van der Waals surface area contributed by atoms with Gasteiger partial charge >= 0.3 is 0 Å². The zero-order chi connectivity index (χ0) is 37.4. The molecule has 0 aliphatic heterocycles. The van der Waals surface area contributed by atoms with E-state index in [0.29, 0.717) is 42.6 Å². The molecular weight excluding hydrogens is 592 g/mol. The van der Waals surface area contributed by atoms with Gasteiger partial charge in [-0.1, -0.05) is 74.8 Å². The van der Waals surface area contributed by atoms with Crippen LogP contribution in [0.15, 0.2) is 12.7 Å². The lowest BCUT2D eigenvalue weighted by Gasteiger charge is -2.50. The molecule has 0 amide bonds. The SMILES string of the molecule is C=CCC(C)(C)CCCC(C)(C)CC(C1CCC(C(C)(C)OCCC(C)C)C1C(C)(C)OCCC(C)(C)C)C(C)(C)OCCC(C)(C)O. The molecule has 0 bridgehead atoms. The summed E-state index contributed by atoms with van der Waals surface area (Å²) in [4.78, 5) is 0. The molecule has 48 heavy (non-hydrogen) atoms. The summed E-state index contributed by atoms with van der Waals surface area (Å²) in [5, 5.41) is 10.6. The van der Waals surface area contributed by atoms with E-state index in [9.17, 15) is 5.11 Å². The summed E-state index contributed by atoms with van der Waals surface area (Å²) < 4.78 is 20.7. The number of rotatable bonds is 23. The molecule has 1 aliphatic carbocycles. The molecule has 0 aromatic rings. The van der Waals surface area contributed by atoms with E-state index in [2.05, 4.69) is 117 Å². The van der Waals surface area contributed by atoms with Crippen molar-refractivity contribution in [2.45, 2.75) is 204 Å². The normalized spacial score (nSPS) is 21.3. The molecule has 0 aromatic carbocycles. The maximum atomic E-state index is 10.6. The average molecular weight is 679 g/mol. The lowest BCUT2D eigenvalue weighted by atomic mass is 9.62. The fourth-order valence-corrected chi connectivity index (χ4v) is 8.46. The molecule has 0 heterocycles. The summed E-state index contributed by atoms with van der Waals surface area (Å²) in [5.74, 6) is 2.11. The highest BCUT2D eigenvalue weighted by Gasteiger charge is 2.56. The van der Waals surface area contributed by atoms with E-state index in [4.69, 9.17) is 14.2 Å². The van der Waals surface area contributed by atoms with Gasteiger partial charge in [0.05, 0.1) is 29.0 Å². The van der Waals surface area contributed by atoms with Gasteiger partial charge in [0, 0.05) is 13.2 Å². The number of hydrogen-bond acceptors (Lipinski definition) is 4. The van der Waals surface area contributed by atoms with Crippen LogP contribution >= 0.6 is 0 Å². The van der Waals surface area contributed by atoms with Crippen molar-refractivity contribution in [2.24, 2.45) is 45.8 Å². The van der Waals surface area contributed by atoms with Crippen LogP contribution in [0.3, 0.4) is 0 Å². The number of allylic oxidation sites excluding steroid dienone is 1. The smallest absolute Gasteiger partial charge is 0.0661 e. The molecule has 1 N–H and O–H groups in total. The summed E-state index contributed by atoms with van der Waals surface area (Å²) in [6, 6.07) is 0. The Balaban J connectivity index is 3.58. The first-order valence-corrected chi connectivity index (χ1v) is 19.8. The lowest BCUT2D eigenvalue weighted by molar-refractivity contribution is -0.162. The van der Waals surface area contributed by atoms with Crippen LogP contribution in [0.4, 0.5) is 0 Å². The van der Waals surface area contributed by atoms with E-state index in [0.717, 1.165) is 51.7 Å². The zero-order valence-corrected chi connectivity index (χ0v) is 35.5. The predicted molar refractivity (Wildman–Crippen MR) is 209 cm³/mol. The molecule has 4 nitrogen and oxygen atoms in total. The van der Waals surface area contributed by atoms with Gasteiger partial charge in [0.15, 0.2) is 0 Å². The van der Waals surface area contributed by atoms with Crippen LogP contribution in [0.1, 0.15) is 182 Å². The Morgan fingerprint density at radius 1 is 0.688 bits per heavy atom. The van der Waals surface area contributed by atoms with Crippen molar-refractivity contribution in [3.63, 3.8) is 0 Å². The van der Waals surface area contributed by atoms with Crippen molar-refractivity contribution in [2.75, 3.05) is 19.8 Å². The summed E-state index contributed by atoms with van der Waals surface area (Å²) in [6.07, 6.45) is 12.9. The van der Waals surface area contributed by atoms with Crippen LogP contribution in [0.25, 0.3) is 0 Å². The molecule has 4 heteroatoms. The summed E-state index contributed by atoms with van der Waals surface area (Å²) >= 11 is 0. The van der Waals surface area contributed by atoms with Crippen LogP contribution < -0.4 is 0 Å². The largest absolute Gasteiger partial charge is 0.390 e. The summed E-state index contributed by atoms with van der Waals surface area (Å²) in [6.45, 7) is 45.2. The van der Waals surface area contributed by atoms with Gasteiger partial charge in [0.2, 0.25) is 0 Å². The molecule has 0 radical (unpaired) electrons. The van der Waals surface area contributed by atoms with E-state index < -0.39 is 5.60 Å². The van der Waals surface area contributed by atoms with Crippen LogP contribution in [-0.4, -0.2) is 47.3 Å². The minimum Gasteiger partial charge on any atom is -0.390 e. The molecule has 0 saturated heterocycles. The predicted octanol–water partition coefficient (Wildman–Crippen LogP) is 12.5. The van der Waals surface area contributed by atoms with E-state index in [1.807, 2.05) is 13.8 Å². The van der Waals surface area contributed by atoms with Gasteiger partial charge in [-0.15, -0.1) is 6.58 Å². The number of hydrogen-bond donors (Lipinski definition) is 1. The third-order valence-corrected chi connectivity index (χ3v) is 11.7. The third kappa shape index (κ3) is 16.3. The van der Waals surface area contributed by atoms with Gasteiger partial charge in [-0.05, 0) is 159 Å². The maximum Gasteiger partial charge on any atom is 0.0661 e. The molecule has 1 aliphatic rings. The molecule has 0 aromatic heterocycles. The Kier molecular flexibility index (Phi) is 17.0. The molecule has 4 unspecified atom stereocenters. The first-order valence-electron chi connectivity index (χ1n) is 19.8. The number of aliphatic hydroxyl groups is 1. The maximum absolute atomic E-state index is 10.6. The molecular formula is C44H86O4. The van der Waals surface area contributed by atoms with Crippen molar-refractivity contribution < 1.29 is 19.3 Å². The monoisotopic (exact) mass is 679 g/mol. The molecule has 1 rings (SSSR count). The lowest BCUT2D eigenvalue weighted by Crippen LogP contribution is -2.52. The standard InChI is InChI=1S/C44H86O4/c1-19-24-39(7,8)25-20-26-40(9,10)32-36(43(15,16)47-31-28-41(11,12)45)34-21-22-35(42(13,14)46-29-23-33(2)3)37(34)44(17,18)48-30-27-38(4,5)6/h19,33-37,45H,1,20-32H2,2-18H3. The van der Waals surface area contributed by atoms with Gasteiger partial charge in [-0.3, -0.25) is 0 Å². The highest BCUT2D eigenvalue weighted by Crippen LogP contribution is 2.57. The van der Waals surface area contributed by atoms with Crippen molar-refractivity contribution in [3.8, 4) is 0 Å². The molecule has 1 fully saturated rings. The van der Waals surface area contributed by atoms with Crippen molar-refractivity contribution in [3.05, 3.63) is 12.7 Å². The summed E-state index contributed by atoms with van der Waals surface area (Å²) in [5.41, 5.74) is -0.980. The minimum atomic E-state index is -0.746.